The number of aliphatic carboxylic acids is 1. The second-order valence-corrected chi connectivity index (χ2v) is 5.35. The molecule has 0 saturated carbocycles. The first-order valence-corrected chi connectivity index (χ1v) is 6.55. The zero-order chi connectivity index (χ0) is 13.3. The number of ether oxygens (including phenoxy) is 1. The predicted octanol–water partition coefficient (Wildman–Crippen LogP) is 0.777. The number of fused-ring (bicyclic) bond motifs is 3. The van der Waals surface area contributed by atoms with Gasteiger partial charge >= 0.3 is 5.97 Å². The zero-order valence-electron chi connectivity index (χ0n) is 11.0. The van der Waals surface area contributed by atoms with Crippen LogP contribution in [0.3, 0.4) is 0 Å². The van der Waals surface area contributed by atoms with Gasteiger partial charge < -0.3 is 9.84 Å². The number of carbonyl (C=O) groups is 2. The zero-order valence-corrected chi connectivity index (χ0v) is 11.0. The van der Waals surface area contributed by atoms with Crippen LogP contribution in [-0.4, -0.2) is 54.1 Å². The average molecular weight is 255 g/mol. The van der Waals surface area contributed by atoms with Crippen molar-refractivity contribution in [3.63, 3.8) is 0 Å². The predicted molar refractivity (Wildman–Crippen MR) is 65.3 cm³/mol. The Morgan fingerprint density at radius 2 is 2.17 bits per heavy atom. The Morgan fingerprint density at radius 1 is 1.56 bits per heavy atom. The summed E-state index contributed by atoms with van der Waals surface area (Å²) in [7, 11) is 1.58. The molecule has 2 atom stereocenters. The van der Waals surface area contributed by atoms with Crippen LogP contribution in [0.25, 0.3) is 0 Å². The molecule has 0 radical (unpaired) electrons. The third-order valence-corrected chi connectivity index (χ3v) is 4.63. The van der Waals surface area contributed by atoms with Gasteiger partial charge in [-0.1, -0.05) is 0 Å². The minimum Gasteiger partial charge on any atom is -0.481 e. The van der Waals surface area contributed by atoms with E-state index < -0.39 is 17.4 Å². The fourth-order valence-electron chi connectivity index (χ4n) is 3.50. The molecule has 3 fully saturated rings. The molecule has 5 heteroatoms. The largest absolute Gasteiger partial charge is 0.481 e. The first-order chi connectivity index (χ1) is 8.54. The summed E-state index contributed by atoms with van der Waals surface area (Å²) >= 11 is 0. The summed E-state index contributed by atoms with van der Waals surface area (Å²) in [6, 6.07) is 0. The fraction of sp³-hybridized carbons (Fsp3) is 0.846. The molecule has 0 amide bonds. The SMILES string of the molecule is COCCC1(C(C)C(=O)O)C(=O)C2CCN1CC2. The van der Waals surface area contributed by atoms with Gasteiger partial charge in [-0.2, -0.15) is 0 Å². The van der Waals surface area contributed by atoms with E-state index in [9.17, 15) is 14.7 Å². The highest BCUT2D eigenvalue weighted by atomic mass is 16.5. The van der Waals surface area contributed by atoms with Crippen molar-refractivity contribution < 1.29 is 19.4 Å². The number of ketones is 1. The van der Waals surface area contributed by atoms with Gasteiger partial charge in [-0.25, -0.2) is 0 Å². The summed E-state index contributed by atoms with van der Waals surface area (Å²) in [6.45, 7) is 3.73. The standard InChI is InChI=1S/C13H21NO4/c1-9(12(16)17)13(5-8-18-2)11(15)10-3-6-14(13)7-4-10/h9-10H,3-8H2,1-2H3,(H,16,17). The monoisotopic (exact) mass is 255 g/mol. The molecule has 3 rings (SSSR count). The van der Waals surface area contributed by atoms with E-state index in [0.29, 0.717) is 13.0 Å². The molecule has 18 heavy (non-hydrogen) atoms. The highest BCUT2D eigenvalue weighted by Crippen LogP contribution is 2.42. The maximum atomic E-state index is 12.6. The Morgan fingerprint density at radius 3 is 2.61 bits per heavy atom. The number of carbonyl (C=O) groups excluding carboxylic acids is 1. The Balaban J connectivity index is 2.34. The number of carboxylic acids is 1. The maximum Gasteiger partial charge on any atom is 0.308 e. The van der Waals surface area contributed by atoms with Crippen LogP contribution in [0, 0.1) is 11.8 Å². The molecular weight excluding hydrogens is 234 g/mol. The summed E-state index contributed by atoms with van der Waals surface area (Å²) in [5, 5.41) is 9.32. The highest BCUT2D eigenvalue weighted by molar-refractivity contribution is 5.96. The summed E-state index contributed by atoms with van der Waals surface area (Å²) in [4.78, 5) is 26.0. The van der Waals surface area contributed by atoms with E-state index in [1.807, 2.05) is 0 Å². The molecule has 0 aromatic heterocycles. The van der Waals surface area contributed by atoms with Crippen LogP contribution in [0.4, 0.5) is 0 Å². The van der Waals surface area contributed by atoms with Gasteiger partial charge in [0.25, 0.3) is 0 Å². The molecule has 2 bridgehead atoms. The van der Waals surface area contributed by atoms with E-state index in [1.54, 1.807) is 14.0 Å². The topological polar surface area (TPSA) is 66.8 Å². The van der Waals surface area contributed by atoms with Gasteiger partial charge in [-0.15, -0.1) is 0 Å². The number of piperidine rings is 3. The minimum atomic E-state index is -0.896. The highest BCUT2D eigenvalue weighted by Gasteiger charge is 2.57. The van der Waals surface area contributed by atoms with Gasteiger partial charge in [-0.05, 0) is 39.3 Å². The van der Waals surface area contributed by atoms with E-state index in [0.717, 1.165) is 25.9 Å². The van der Waals surface area contributed by atoms with Crippen LogP contribution >= 0.6 is 0 Å². The Hall–Kier alpha value is -0.940. The summed E-state index contributed by atoms with van der Waals surface area (Å²) < 4.78 is 5.08. The molecule has 5 nitrogen and oxygen atoms in total. The Bertz CT molecular complexity index is 349. The first kappa shape index (κ1) is 13.5. The third-order valence-electron chi connectivity index (χ3n) is 4.63. The summed E-state index contributed by atoms with van der Waals surface area (Å²) in [5.41, 5.74) is -0.844. The van der Waals surface area contributed by atoms with Crippen molar-refractivity contribution >= 4 is 11.8 Å². The van der Waals surface area contributed by atoms with E-state index in [4.69, 9.17) is 4.74 Å². The molecule has 0 spiro atoms. The number of rotatable bonds is 5. The molecule has 3 aliphatic rings. The smallest absolute Gasteiger partial charge is 0.308 e. The van der Waals surface area contributed by atoms with Crippen LogP contribution in [0.5, 0.6) is 0 Å². The van der Waals surface area contributed by atoms with E-state index in [1.165, 1.54) is 0 Å². The summed E-state index contributed by atoms with van der Waals surface area (Å²) in [6.07, 6.45) is 2.23. The number of hydrogen-bond donors (Lipinski definition) is 1. The van der Waals surface area contributed by atoms with Crippen LogP contribution in [0.15, 0.2) is 0 Å². The molecule has 0 aliphatic carbocycles. The lowest BCUT2D eigenvalue weighted by atomic mass is 9.66. The summed E-state index contributed by atoms with van der Waals surface area (Å²) in [5.74, 6) is -1.41. The van der Waals surface area contributed by atoms with Crippen LogP contribution < -0.4 is 0 Å². The van der Waals surface area contributed by atoms with Crippen LogP contribution in [0.2, 0.25) is 0 Å². The molecule has 3 heterocycles. The first-order valence-electron chi connectivity index (χ1n) is 6.55. The maximum absolute atomic E-state index is 12.6. The number of methoxy groups -OCH3 is 1. The van der Waals surface area contributed by atoms with Gasteiger partial charge in [0, 0.05) is 19.6 Å². The molecule has 2 unspecified atom stereocenters. The second-order valence-electron chi connectivity index (χ2n) is 5.35. The van der Waals surface area contributed by atoms with Crippen molar-refractivity contribution in [1.82, 2.24) is 4.90 Å². The molecular formula is C13H21NO4. The lowest BCUT2D eigenvalue weighted by Gasteiger charge is -2.54. The van der Waals surface area contributed by atoms with Crippen molar-refractivity contribution in [1.29, 1.82) is 0 Å². The van der Waals surface area contributed by atoms with Crippen molar-refractivity contribution in [2.24, 2.45) is 11.8 Å². The van der Waals surface area contributed by atoms with Gasteiger partial charge in [0.1, 0.15) is 0 Å². The number of hydrogen-bond acceptors (Lipinski definition) is 4. The van der Waals surface area contributed by atoms with Crippen molar-refractivity contribution in [3.8, 4) is 0 Å². The van der Waals surface area contributed by atoms with Crippen molar-refractivity contribution in [2.45, 2.75) is 31.7 Å². The second kappa shape index (κ2) is 4.97. The Labute approximate surface area is 107 Å². The molecule has 3 saturated heterocycles. The van der Waals surface area contributed by atoms with Crippen LogP contribution in [0.1, 0.15) is 26.2 Å². The number of Topliss-reactive ketones (excluding diaryl/α,β-unsaturated/α-hetero) is 1. The van der Waals surface area contributed by atoms with E-state index >= 15 is 0 Å². The quantitative estimate of drug-likeness (QED) is 0.786. The van der Waals surface area contributed by atoms with Crippen molar-refractivity contribution in [3.05, 3.63) is 0 Å². The minimum absolute atomic E-state index is 0.0497. The molecule has 0 aromatic carbocycles. The van der Waals surface area contributed by atoms with Gasteiger partial charge in [0.2, 0.25) is 0 Å². The Kier molecular flexibility index (Phi) is 3.73. The number of nitrogens with zero attached hydrogens (tertiary/aromatic N) is 1. The normalized spacial score (nSPS) is 36.7. The third kappa shape index (κ3) is 1.86. The molecule has 0 aromatic rings. The van der Waals surface area contributed by atoms with E-state index in [-0.39, 0.29) is 11.7 Å². The molecule has 102 valence electrons. The van der Waals surface area contributed by atoms with Crippen LogP contribution in [-0.2, 0) is 14.3 Å². The average Bonchev–Trinajstić information content (AvgIpc) is 2.39. The lowest BCUT2D eigenvalue weighted by molar-refractivity contribution is -0.166. The fourth-order valence-corrected chi connectivity index (χ4v) is 3.50. The van der Waals surface area contributed by atoms with Gasteiger partial charge in [0.15, 0.2) is 5.78 Å². The number of carboxylic acid groups (broad SMARTS) is 1. The van der Waals surface area contributed by atoms with Crippen molar-refractivity contribution in [2.75, 3.05) is 26.8 Å². The lowest BCUT2D eigenvalue weighted by Crippen LogP contribution is -2.69. The van der Waals surface area contributed by atoms with E-state index in [2.05, 4.69) is 4.90 Å². The van der Waals surface area contributed by atoms with Gasteiger partial charge in [-0.3, -0.25) is 14.5 Å². The van der Waals surface area contributed by atoms with Gasteiger partial charge in [0.05, 0.1) is 11.5 Å². The molecule has 1 N–H and O–H groups in total. The molecule has 3 aliphatic heterocycles.